The smallest absolute Gasteiger partial charge is 0.241 e. The number of sulfone groups is 1. The van der Waals surface area contributed by atoms with Crippen LogP contribution in [-0.4, -0.2) is 65.1 Å². The molecule has 1 fully saturated rings. The number of likely N-dealkylation sites (N-methyl/N-ethyl adjacent to an activating group) is 1. The lowest BCUT2D eigenvalue weighted by Gasteiger charge is -2.20. The van der Waals surface area contributed by atoms with Crippen molar-refractivity contribution in [1.82, 2.24) is 9.62 Å². The number of carbonyl (C=O) groups excluding carboxylic acids is 2. The van der Waals surface area contributed by atoms with E-state index in [-0.39, 0.29) is 34.6 Å². The molecule has 1 saturated heterocycles. The van der Waals surface area contributed by atoms with Crippen molar-refractivity contribution < 1.29 is 26.4 Å². The molecular formula is C16H22N2O6S2. The summed E-state index contributed by atoms with van der Waals surface area (Å²) in [6.07, 6.45) is 0.508. The first-order valence-corrected chi connectivity index (χ1v) is 11.4. The molecule has 1 atom stereocenters. The van der Waals surface area contributed by atoms with E-state index in [9.17, 15) is 26.4 Å². The zero-order valence-electron chi connectivity index (χ0n) is 14.6. The standard InChI is InChI=1S/C16H22N2O6S2/c1-12(19)14-3-5-15(6-4-14)26(23,24)17-9-16(20)18(2)10-13-7-8-25(21,22)11-13/h3-6,13,17H,7-11H2,1-2H3. The summed E-state index contributed by atoms with van der Waals surface area (Å²) in [5.41, 5.74) is 0.395. The topological polar surface area (TPSA) is 118 Å². The van der Waals surface area contributed by atoms with Crippen LogP contribution >= 0.6 is 0 Å². The summed E-state index contributed by atoms with van der Waals surface area (Å²) in [5.74, 6) is -0.558. The Morgan fingerprint density at radius 2 is 1.85 bits per heavy atom. The van der Waals surface area contributed by atoms with Crippen LogP contribution in [0.1, 0.15) is 23.7 Å². The van der Waals surface area contributed by atoms with Gasteiger partial charge in [0.15, 0.2) is 15.6 Å². The first-order chi connectivity index (χ1) is 12.0. The van der Waals surface area contributed by atoms with Gasteiger partial charge in [0.25, 0.3) is 0 Å². The Bertz CT molecular complexity index is 891. The minimum Gasteiger partial charge on any atom is -0.344 e. The van der Waals surface area contributed by atoms with Gasteiger partial charge in [0.1, 0.15) is 0 Å². The number of carbonyl (C=O) groups is 2. The summed E-state index contributed by atoms with van der Waals surface area (Å²) >= 11 is 0. The van der Waals surface area contributed by atoms with Crippen molar-refractivity contribution in [3.8, 4) is 0 Å². The molecule has 1 unspecified atom stereocenters. The Morgan fingerprint density at radius 1 is 1.23 bits per heavy atom. The molecule has 0 saturated carbocycles. The molecule has 1 heterocycles. The van der Waals surface area contributed by atoms with E-state index in [1.807, 2.05) is 0 Å². The minimum absolute atomic E-state index is 0.0418. The fourth-order valence-electron chi connectivity index (χ4n) is 2.75. The van der Waals surface area contributed by atoms with Gasteiger partial charge in [0, 0.05) is 19.2 Å². The Balaban J connectivity index is 1.91. The number of nitrogens with zero attached hydrogens (tertiary/aromatic N) is 1. The van der Waals surface area contributed by atoms with Gasteiger partial charge in [-0.1, -0.05) is 12.1 Å². The van der Waals surface area contributed by atoms with Crippen LogP contribution in [0, 0.1) is 5.92 Å². The summed E-state index contributed by atoms with van der Waals surface area (Å²) in [5, 5.41) is 0. The molecule has 1 aliphatic rings. The predicted molar refractivity (Wildman–Crippen MR) is 96.0 cm³/mol. The van der Waals surface area contributed by atoms with Crippen LogP contribution < -0.4 is 4.72 Å². The molecule has 10 heteroatoms. The van der Waals surface area contributed by atoms with Gasteiger partial charge in [-0.25, -0.2) is 21.6 Å². The first-order valence-electron chi connectivity index (χ1n) is 8.05. The number of amides is 1. The van der Waals surface area contributed by atoms with E-state index in [4.69, 9.17) is 0 Å². The summed E-state index contributed by atoms with van der Waals surface area (Å²) < 4.78 is 49.6. The third-order valence-electron chi connectivity index (χ3n) is 4.27. The van der Waals surface area contributed by atoms with Crippen LogP contribution in [0.4, 0.5) is 0 Å². The maximum absolute atomic E-state index is 12.2. The van der Waals surface area contributed by atoms with Crippen LogP contribution in [0.3, 0.4) is 0 Å². The highest BCUT2D eigenvalue weighted by molar-refractivity contribution is 7.91. The fourth-order valence-corrected chi connectivity index (χ4v) is 5.57. The van der Waals surface area contributed by atoms with Crippen molar-refractivity contribution in [1.29, 1.82) is 0 Å². The highest BCUT2D eigenvalue weighted by Gasteiger charge is 2.29. The van der Waals surface area contributed by atoms with Crippen LogP contribution in [0.25, 0.3) is 0 Å². The van der Waals surface area contributed by atoms with Crippen LogP contribution in [0.5, 0.6) is 0 Å². The Kier molecular flexibility index (Phi) is 6.20. The number of rotatable bonds is 7. The normalized spacial score (nSPS) is 19.2. The summed E-state index contributed by atoms with van der Waals surface area (Å²) in [6.45, 7) is 1.23. The number of hydrogen-bond donors (Lipinski definition) is 1. The maximum atomic E-state index is 12.2. The third kappa shape index (κ3) is 5.36. The molecule has 1 N–H and O–H groups in total. The second kappa shape index (κ2) is 7.85. The number of benzene rings is 1. The zero-order chi connectivity index (χ0) is 19.5. The second-order valence-electron chi connectivity index (χ2n) is 6.45. The largest absolute Gasteiger partial charge is 0.344 e. The second-order valence-corrected chi connectivity index (χ2v) is 10.4. The van der Waals surface area contributed by atoms with Crippen molar-refractivity contribution in [2.24, 2.45) is 5.92 Å². The van der Waals surface area contributed by atoms with Crippen molar-refractivity contribution >= 4 is 31.6 Å². The van der Waals surface area contributed by atoms with Crippen LogP contribution in [-0.2, 0) is 24.7 Å². The zero-order valence-corrected chi connectivity index (χ0v) is 16.3. The van der Waals surface area contributed by atoms with Gasteiger partial charge >= 0.3 is 0 Å². The van der Waals surface area contributed by atoms with Crippen molar-refractivity contribution in [3.05, 3.63) is 29.8 Å². The fraction of sp³-hybridized carbons (Fsp3) is 0.500. The molecule has 26 heavy (non-hydrogen) atoms. The Morgan fingerprint density at radius 3 is 2.35 bits per heavy atom. The summed E-state index contributed by atoms with van der Waals surface area (Å²) in [7, 11) is -5.39. The number of ketones is 1. The molecule has 8 nitrogen and oxygen atoms in total. The molecule has 0 aromatic heterocycles. The molecule has 1 amide bonds. The molecule has 0 spiro atoms. The van der Waals surface area contributed by atoms with Crippen molar-refractivity contribution in [2.45, 2.75) is 18.2 Å². The number of nitrogens with one attached hydrogen (secondary N) is 1. The monoisotopic (exact) mass is 402 g/mol. The lowest BCUT2D eigenvalue weighted by Crippen LogP contribution is -2.40. The van der Waals surface area contributed by atoms with Gasteiger partial charge in [-0.3, -0.25) is 9.59 Å². The number of sulfonamides is 1. The molecule has 1 aromatic rings. The van der Waals surface area contributed by atoms with E-state index < -0.39 is 32.3 Å². The van der Waals surface area contributed by atoms with E-state index in [0.29, 0.717) is 12.0 Å². The lowest BCUT2D eigenvalue weighted by atomic mass is 10.1. The number of Topliss-reactive ketones (excluding diaryl/α,β-unsaturated/α-hetero) is 1. The lowest BCUT2D eigenvalue weighted by molar-refractivity contribution is -0.129. The SMILES string of the molecule is CC(=O)c1ccc(S(=O)(=O)NCC(=O)N(C)CC2CCS(=O)(=O)C2)cc1. The number of hydrogen-bond acceptors (Lipinski definition) is 6. The summed E-state index contributed by atoms with van der Waals surface area (Å²) in [6, 6.07) is 5.42. The van der Waals surface area contributed by atoms with Gasteiger partial charge in [-0.15, -0.1) is 0 Å². The molecule has 0 radical (unpaired) electrons. The van der Waals surface area contributed by atoms with Crippen LogP contribution in [0.2, 0.25) is 0 Å². The molecule has 144 valence electrons. The Labute approximate surface area is 153 Å². The maximum Gasteiger partial charge on any atom is 0.241 e. The van der Waals surface area contributed by atoms with E-state index >= 15 is 0 Å². The van der Waals surface area contributed by atoms with E-state index in [0.717, 1.165) is 0 Å². The van der Waals surface area contributed by atoms with E-state index in [2.05, 4.69) is 4.72 Å². The Hall–Kier alpha value is -1.78. The quantitative estimate of drug-likeness (QED) is 0.645. The highest BCUT2D eigenvalue weighted by atomic mass is 32.2. The molecule has 1 aliphatic heterocycles. The van der Waals surface area contributed by atoms with Gasteiger partial charge in [-0.05, 0) is 31.4 Å². The van der Waals surface area contributed by atoms with Crippen molar-refractivity contribution in [3.63, 3.8) is 0 Å². The minimum atomic E-state index is -3.88. The average Bonchev–Trinajstić information content (AvgIpc) is 2.91. The summed E-state index contributed by atoms with van der Waals surface area (Å²) in [4.78, 5) is 24.6. The highest BCUT2D eigenvalue weighted by Crippen LogP contribution is 2.19. The van der Waals surface area contributed by atoms with Gasteiger partial charge in [0.05, 0.1) is 22.9 Å². The van der Waals surface area contributed by atoms with Crippen molar-refractivity contribution in [2.75, 3.05) is 31.6 Å². The van der Waals surface area contributed by atoms with Gasteiger partial charge < -0.3 is 4.90 Å². The van der Waals surface area contributed by atoms with Gasteiger partial charge in [-0.2, -0.15) is 0 Å². The van der Waals surface area contributed by atoms with E-state index in [1.165, 1.54) is 43.1 Å². The average molecular weight is 402 g/mol. The molecule has 1 aromatic carbocycles. The molecule has 0 aliphatic carbocycles. The molecule has 0 bridgehead atoms. The predicted octanol–water partition coefficient (Wildman–Crippen LogP) is 0.0606. The molecule has 2 rings (SSSR count). The van der Waals surface area contributed by atoms with Gasteiger partial charge in [0.2, 0.25) is 15.9 Å². The van der Waals surface area contributed by atoms with E-state index in [1.54, 1.807) is 0 Å². The first kappa shape index (κ1) is 20.5. The third-order valence-corrected chi connectivity index (χ3v) is 7.52. The molecular weight excluding hydrogens is 380 g/mol. The van der Waals surface area contributed by atoms with Crippen LogP contribution in [0.15, 0.2) is 29.2 Å².